The molecule has 1 amide bonds. The number of benzene rings is 1. The van der Waals surface area contributed by atoms with Crippen LogP contribution in [0.5, 0.6) is 0 Å². The van der Waals surface area contributed by atoms with Crippen molar-refractivity contribution in [1.82, 2.24) is 19.5 Å². The Kier molecular flexibility index (Phi) is 7.20. The molecule has 0 spiro atoms. The second kappa shape index (κ2) is 9.99. The van der Waals surface area contributed by atoms with Crippen LogP contribution in [0.2, 0.25) is 0 Å². The van der Waals surface area contributed by atoms with Gasteiger partial charge in [-0.05, 0) is 49.9 Å². The Morgan fingerprint density at radius 2 is 1.89 bits per heavy atom. The molecule has 2 aromatic heterocycles. The third kappa shape index (κ3) is 4.93. The first-order valence-corrected chi connectivity index (χ1v) is 12.7. The van der Waals surface area contributed by atoms with Crippen molar-refractivity contribution in [2.75, 3.05) is 6.54 Å². The van der Waals surface area contributed by atoms with Crippen molar-refractivity contribution >= 4 is 11.6 Å². The van der Waals surface area contributed by atoms with Gasteiger partial charge in [0, 0.05) is 36.3 Å². The SMILES string of the molecule is CC.CCc1cc(C(=O)N2CCCCC[C@H]2C)nc2cc(-c3ccc(C4CC4(F)F)cc3F)nn12. The summed E-state index contributed by atoms with van der Waals surface area (Å²) in [6, 6.07) is 7.78. The van der Waals surface area contributed by atoms with E-state index in [2.05, 4.69) is 17.0 Å². The van der Waals surface area contributed by atoms with Gasteiger partial charge in [-0.2, -0.15) is 5.10 Å². The van der Waals surface area contributed by atoms with Crippen LogP contribution in [0.25, 0.3) is 16.9 Å². The van der Waals surface area contributed by atoms with Crippen LogP contribution < -0.4 is 0 Å². The highest BCUT2D eigenvalue weighted by Crippen LogP contribution is 2.55. The predicted molar refractivity (Wildman–Crippen MR) is 130 cm³/mol. The van der Waals surface area contributed by atoms with Gasteiger partial charge in [0.2, 0.25) is 0 Å². The van der Waals surface area contributed by atoms with Crippen LogP contribution in [-0.2, 0) is 6.42 Å². The number of hydrogen-bond acceptors (Lipinski definition) is 3. The third-order valence-electron chi connectivity index (χ3n) is 6.89. The summed E-state index contributed by atoms with van der Waals surface area (Å²) >= 11 is 0. The highest BCUT2D eigenvalue weighted by atomic mass is 19.3. The van der Waals surface area contributed by atoms with Gasteiger partial charge < -0.3 is 4.90 Å². The van der Waals surface area contributed by atoms with E-state index in [0.29, 0.717) is 29.0 Å². The fourth-order valence-electron chi connectivity index (χ4n) is 4.78. The molecular formula is C27H33F3N4O. The van der Waals surface area contributed by atoms with E-state index in [0.717, 1.165) is 37.9 Å². The van der Waals surface area contributed by atoms with Crippen molar-refractivity contribution in [3.05, 3.63) is 53.1 Å². The molecule has 1 unspecified atom stereocenters. The Labute approximate surface area is 204 Å². The molecular weight excluding hydrogens is 453 g/mol. The van der Waals surface area contributed by atoms with Crippen molar-refractivity contribution in [2.45, 2.75) is 84.1 Å². The van der Waals surface area contributed by atoms with Gasteiger partial charge >= 0.3 is 0 Å². The van der Waals surface area contributed by atoms with Crippen LogP contribution in [0, 0.1) is 5.82 Å². The minimum absolute atomic E-state index is 0.0924. The number of halogens is 3. The minimum Gasteiger partial charge on any atom is -0.335 e. The molecule has 188 valence electrons. The molecule has 1 saturated carbocycles. The molecule has 1 saturated heterocycles. The van der Waals surface area contributed by atoms with E-state index in [1.54, 1.807) is 16.6 Å². The maximum atomic E-state index is 14.8. The summed E-state index contributed by atoms with van der Waals surface area (Å²) < 4.78 is 43.2. The van der Waals surface area contributed by atoms with Gasteiger partial charge in [-0.15, -0.1) is 0 Å². The summed E-state index contributed by atoms with van der Waals surface area (Å²) in [5.74, 6) is -4.34. The average Bonchev–Trinajstić information content (AvgIpc) is 3.37. The molecule has 5 nitrogen and oxygen atoms in total. The molecule has 8 heteroatoms. The van der Waals surface area contributed by atoms with Crippen LogP contribution in [0.4, 0.5) is 13.2 Å². The fourth-order valence-corrected chi connectivity index (χ4v) is 4.78. The Morgan fingerprint density at radius 1 is 1.14 bits per heavy atom. The topological polar surface area (TPSA) is 50.5 Å². The Balaban J connectivity index is 0.00000141. The Bertz CT molecular complexity index is 1220. The smallest absolute Gasteiger partial charge is 0.272 e. The van der Waals surface area contributed by atoms with Gasteiger partial charge in [0.25, 0.3) is 11.8 Å². The van der Waals surface area contributed by atoms with Gasteiger partial charge in [-0.25, -0.2) is 22.7 Å². The summed E-state index contributed by atoms with van der Waals surface area (Å²) in [6.07, 6.45) is 4.58. The van der Waals surface area contributed by atoms with Gasteiger partial charge in [0.05, 0.1) is 11.6 Å². The molecule has 0 N–H and O–H groups in total. The molecule has 2 fully saturated rings. The first-order chi connectivity index (χ1) is 16.8. The summed E-state index contributed by atoms with van der Waals surface area (Å²) in [5, 5.41) is 4.52. The van der Waals surface area contributed by atoms with Crippen LogP contribution in [0.15, 0.2) is 30.3 Å². The van der Waals surface area contributed by atoms with Crippen LogP contribution in [0.3, 0.4) is 0 Å². The summed E-state index contributed by atoms with van der Waals surface area (Å²) in [4.78, 5) is 19.7. The molecule has 1 aliphatic heterocycles. The summed E-state index contributed by atoms with van der Waals surface area (Å²) in [6.45, 7) is 8.75. The molecule has 3 heterocycles. The number of nitrogens with zero attached hydrogens (tertiary/aromatic N) is 4. The van der Waals surface area contributed by atoms with E-state index in [1.165, 1.54) is 18.2 Å². The molecule has 1 aromatic carbocycles. The first-order valence-electron chi connectivity index (χ1n) is 12.7. The third-order valence-corrected chi connectivity index (χ3v) is 6.89. The molecule has 2 atom stereocenters. The molecule has 0 bridgehead atoms. The highest BCUT2D eigenvalue weighted by molar-refractivity contribution is 5.93. The van der Waals surface area contributed by atoms with E-state index in [4.69, 9.17) is 0 Å². The number of amides is 1. The molecule has 0 radical (unpaired) electrons. The van der Waals surface area contributed by atoms with Gasteiger partial charge in [0.15, 0.2) is 5.65 Å². The molecule has 2 aliphatic rings. The van der Waals surface area contributed by atoms with Crippen LogP contribution >= 0.6 is 0 Å². The van der Waals surface area contributed by atoms with Crippen molar-refractivity contribution in [3.8, 4) is 11.3 Å². The fraction of sp³-hybridized carbons (Fsp3) is 0.519. The maximum absolute atomic E-state index is 14.8. The zero-order valence-electron chi connectivity index (χ0n) is 20.8. The average molecular weight is 487 g/mol. The lowest BCUT2D eigenvalue weighted by molar-refractivity contribution is 0.0691. The number of carbonyl (C=O) groups excluding carboxylic acids is 1. The van der Waals surface area contributed by atoms with Crippen molar-refractivity contribution in [3.63, 3.8) is 0 Å². The van der Waals surface area contributed by atoms with Gasteiger partial charge in [-0.3, -0.25) is 4.79 Å². The quantitative estimate of drug-likeness (QED) is 0.415. The molecule has 3 aromatic rings. The van der Waals surface area contributed by atoms with Crippen LogP contribution in [0.1, 0.15) is 87.5 Å². The van der Waals surface area contributed by atoms with E-state index in [-0.39, 0.29) is 23.9 Å². The number of fused-ring (bicyclic) bond motifs is 1. The number of rotatable bonds is 4. The monoisotopic (exact) mass is 486 g/mol. The molecule has 35 heavy (non-hydrogen) atoms. The lowest BCUT2D eigenvalue weighted by Gasteiger charge is -2.27. The number of likely N-dealkylation sites (tertiary alicyclic amines) is 1. The Morgan fingerprint density at radius 3 is 2.54 bits per heavy atom. The lowest BCUT2D eigenvalue weighted by Crippen LogP contribution is -2.38. The Hall–Kier alpha value is -2.90. The van der Waals surface area contributed by atoms with Crippen LogP contribution in [-0.4, -0.2) is 43.9 Å². The highest BCUT2D eigenvalue weighted by Gasteiger charge is 2.57. The number of carbonyl (C=O) groups is 1. The van der Waals surface area contributed by atoms with E-state index < -0.39 is 17.7 Å². The number of aromatic nitrogens is 3. The van der Waals surface area contributed by atoms with E-state index in [9.17, 15) is 18.0 Å². The number of hydrogen-bond donors (Lipinski definition) is 0. The summed E-state index contributed by atoms with van der Waals surface area (Å²) in [5.41, 5.74) is 2.52. The van der Waals surface area contributed by atoms with Gasteiger partial charge in [-0.1, -0.05) is 39.7 Å². The number of aryl methyl sites for hydroxylation is 1. The number of alkyl halides is 2. The van der Waals surface area contributed by atoms with Crippen molar-refractivity contribution < 1.29 is 18.0 Å². The van der Waals surface area contributed by atoms with Crippen molar-refractivity contribution in [2.24, 2.45) is 0 Å². The van der Waals surface area contributed by atoms with E-state index >= 15 is 0 Å². The molecule has 1 aliphatic carbocycles. The second-order valence-corrected chi connectivity index (χ2v) is 9.24. The summed E-state index contributed by atoms with van der Waals surface area (Å²) in [7, 11) is 0. The standard InChI is InChI=1S/C25H27F3N4O.C2H6/c1-3-17-12-22(24(33)31-10-6-4-5-7-15(31)2)29-23-13-21(30-32(17)23)18-9-8-16(11-20(18)26)19-14-25(19,27)28;1-2/h8-9,11-13,15,19H,3-7,10,14H2,1-2H3;1-2H3/t15-,19?;/m1./s1. The van der Waals surface area contributed by atoms with Crippen molar-refractivity contribution in [1.29, 1.82) is 0 Å². The lowest BCUT2D eigenvalue weighted by atomic mass is 10.1. The predicted octanol–water partition coefficient (Wildman–Crippen LogP) is 6.65. The van der Waals surface area contributed by atoms with E-state index in [1.807, 2.05) is 25.7 Å². The second-order valence-electron chi connectivity index (χ2n) is 9.24. The van der Waals surface area contributed by atoms with Gasteiger partial charge in [0.1, 0.15) is 11.5 Å². The largest absolute Gasteiger partial charge is 0.335 e. The first kappa shape index (κ1) is 25.2. The zero-order chi connectivity index (χ0) is 25.3. The minimum atomic E-state index is -2.75. The molecule has 5 rings (SSSR count). The maximum Gasteiger partial charge on any atom is 0.272 e. The zero-order valence-corrected chi connectivity index (χ0v) is 20.8. The normalized spacial score (nSPS) is 21.3.